The average molecular weight is 249 g/mol. The lowest BCUT2D eigenvalue weighted by molar-refractivity contribution is 0.720. The van der Waals surface area contributed by atoms with E-state index in [1.165, 1.54) is 5.56 Å². The zero-order valence-electron chi connectivity index (χ0n) is 10.7. The predicted octanol–water partition coefficient (Wildman–Crippen LogP) is 3.17. The minimum absolute atomic E-state index is 0.132. The van der Waals surface area contributed by atoms with Gasteiger partial charge in [-0.3, -0.25) is 4.98 Å². The highest BCUT2D eigenvalue weighted by Gasteiger charge is 2.12. The summed E-state index contributed by atoms with van der Waals surface area (Å²) in [6, 6.07) is 10.2. The summed E-state index contributed by atoms with van der Waals surface area (Å²) in [5.41, 5.74) is 4.03. The number of rotatable bonds is 2. The number of aryl methyl sites for hydroxylation is 1. The largest absolute Gasteiger partial charge is 0.379 e. The van der Waals surface area contributed by atoms with Crippen LogP contribution in [-0.2, 0) is 0 Å². The molecule has 0 fully saturated rings. The molecule has 3 rings (SSSR count). The summed E-state index contributed by atoms with van der Waals surface area (Å²) in [7, 11) is 0. The molecule has 0 amide bonds. The Bertz CT molecular complexity index is 630. The van der Waals surface area contributed by atoms with Crippen molar-refractivity contribution in [3.63, 3.8) is 0 Å². The molecule has 1 aliphatic rings. The van der Waals surface area contributed by atoms with Crippen LogP contribution in [0, 0.1) is 6.92 Å². The Kier molecular flexibility index (Phi) is 3.11. The number of hydrogen-bond acceptors (Lipinski definition) is 3. The van der Waals surface area contributed by atoms with Crippen molar-refractivity contribution in [3.05, 3.63) is 72.2 Å². The number of aromatic nitrogens is 2. The molecule has 1 N–H and O–H groups in total. The average Bonchev–Trinajstić information content (AvgIpc) is 2.48. The Morgan fingerprint density at radius 1 is 1.11 bits per heavy atom. The quantitative estimate of drug-likeness (QED) is 0.888. The second kappa shape index (κ2) is 5.06. The van der Waals surface area contributed by atoms with Gasteiger partial charge >= 0.3 is 0 Å². The lowest BCUT2D eigenvalue weighted by atomic mass is 10.1. The van der Waals surface area contributed by atoms with Crippen LogP contribution in [0.25, 0.3) is 11.4 Å². The van der Waals surface area contributed by atoms with E-state index in [2.05, 4.69) is 35.4 Å². The smallest absolute Gasteiger partial charge is 0.0893 e. The van der Waals surface area contributed by atoms with Crippen molar-refractivity contribution < 1.29 is 0 Å². The van der Waals surface area contributed by atoms with E-state index in [1.54, 1.807) is 6.20 Å². The molecule has 3 heterocycles. The van der Waals surface area contributed by atoms with Crippen molar-refractivity contribution in [2.45, 2.75) is 13.0 Å². The van der Waals surface area contributed by atoms with Gasteiger partial charge in [0.15, 0.2) is 0 Å². The van der Waals surface area contributed by atoms with Crippen molar-refractivity contribution in [1.29, 1.82) is 0 Å². The molecule has 0 saturated carbocycles. The van der Waals surface area contributed by atoms with Gasteiger partial charge in [-0.05, 0) is 49.0 Å². The maximum Gasteiger partial charge on any atom is 0.0893 e. The Morgan fingerprint density at radius 2 is 2.05 bits per heavy atom. The molecule has 0 aromatic carbocycles. The maximum absolute atomic E-state index is 4.72. The first-order valence-corrected chi connectivity index (χ1v) is 6.32. The molecular weight excluding hydrogens is 234 g/mol. The monoisotopic (exact) mass is 249 g/mol. The fourth-order valence-electron chi connectivity index (χ4n) is 2.13. The molecular formula is C16H15N3. The summed E-state index contributed by atoms with van der Waals surface area (Å²) in [5.74, 6) is 0. The number of dihydropyridines is 1. The zero-order chi connectivity index (χ0) is 13.1. The molecule has 0 radical (unpaired) electrons. The van der Waals surface area contributed by atoms with E-state index < -0.39 is 0 Å². The third-order valence-corrected chi connectivity index (χ3v) is 3.02. The molecule has 19 heavy (non-hydrogen) atoms. The number of allylic oxidation sites excluding steroid dienone is 2. The standard InChI is InChI=1S/C16H15N3/c1-12-10-15(13-6-2-4-8-17-13)19-16(11-12)14-7-3-5-9-18-14/h2-11,13,17H,1H3. The third-order valence-electron chi connectivity index (χ3n) is 3.02. The molecule has 1 unspecified atom stereocenters. The van der Waals surface area contributed by atoms with Gasteiger partial charge < -0.3 is 5.32 Å². The van der Waals surface area contributed by atoms with Crippen LogP contribution in [0.1, 0.15) is 17.3 Å². The second-order valence-corrected chi connectivity index (χ2v) is 4.56. The predicted molar refractivity (Wildman–Crippen MR) is 76.4 cm³/mol. The van der Waals surface area contributed by atoms with Crippen molar-refractivity contribution in [1.82, 2.24) is 15.3 Å². The highest BCUT2D eigenvalue weighted by atomic mass is 14.9. The third kappa shape index (κ3) is 2.55. The van der Waals surface area contributed by atoms with Crippen LogP contribution in [0.4, 0.5) is 0 Å². The van der Waals surface area contributed by atoms with Gasteiger partial charge in [0, 0.05) is 6.20 Å². The normalized spacial score (nSPS) is 17.2. The number of pyridine rings is 2. The van der Waals surface area contributed by atoms with Crippen LogP contribution in [0.3, 0.4) is 0 Å². The van der Waals surface area contributed by atoms with Crippen molar-refractivity contribution >= 4 is 0 Å². The Labute approximate surface area is 112 Å². The SMILES string of the molecule is Cc1cc(-c2ccccn2)nc(C2C=CC=CN2)c1. The molecule has 0 aliphatic carbocycles. The summed E-state index contributed by atoms with van der Waals surface area (Å²) in [6.07, 6.45) is 9.84. The maximum atomic E-state index is 4.72. The molecule has 3 nitrogen and oxygen atoms in total. The van der Waals surface area contributed by atoms with E-state index in [0.29, 0.717) is 0 Å². The topological polar surface area (TPSA) is 37.8 Å². The highest BCUT2D eigenvalue weighted by molar-refractivity contribution is 5.55. The molecule has 0 spiro atoms. The van der Waals surface area contributed by atoms with Gasteiger partial charge in [-0.15, -0.1) is 0 Å². The van der Waals surface area contributed by atoms with Gasteiger partial charge in [0.05, 0.1) is 23.1 Å². The molecule has 3 heteroatoms. The summed E-state index contributed by atoms with van der Waals surface area (Å²) < 4.78 is 0. The molecule has 2 aromatic rings. The minimum atomic E-state index is 0.132. The van der Waals surface area contributed by atoms with Crippen LogP contribution >= 0.6 is 0 Å². The Morgan fingerprint density at radius 3 is 2.79 bits per heavy atom. The van der Waals surface area contributed by atoms with Crippen molar-refractivity contribution in [2.24, 2.45) is 0 Å². The highest BCUT2D eigenvalue weighted by Crippen LogP contribution is 2.21. The summed E-state index contributed by atoms with van der Waals surface area (Å²) >= 11 is 0. The van der Waals surface area contributed by atoms with Crippen LogP contribution in [0.15, 0.2) is 61.0 Å². The molecule has 94 valence electrons. The van der Waals surface area contributed by atoms with Crippen LogP contribution in [-0.4, -0.2) is 9.97 Å². The summed E-state index contributed by atoms with van der Waals surface area (Å²) in [4.78, 5) is 9.08. The molecule has 1 atom stereocenters. The molecule has 0 bridgehead atoms. The lowest BCUT2D eigenvalue weighted by Gasteiger charge is -2.16. The number of nitrogens with one attached hydrogen (secondary N) is 1. The molecule has 2 aromatic heterocycles. The van der Waals surface area contributed by atoms with E-state index in [-0.39, 0.29) is 6.04 Å². The van der Waals surface area contributed by atoms with E-state index in [1.807, 2.05) is 36.6 Å². The summed E-state index contributed by atoms with van der Waals surface area (Å²) in [5, 5.41) is 3.29. The first-order valence-electron chi connectivity index (χ1n) is 6.32. The van der Waals surface area contributed by atoms with Crippen molar-refractivity contribution in [3.8, 4) is 11.4 Å². The number of hydrogen-bond donors (Lipinski definition) is 1. The van der Waals surface area contributed by atoms with Crippen LogP contribution in [0.5, 0.6) is 0 Å². The van der Waals surface area contributed by atoms with Crippen LogP contribution < -0.4 is 5.32 Å². The Balaban J connectivity index is 2.01. The van der Waals surface area contributed by atoms with E-state index in [4.69, 9.17) is 4.98 Å². The summed E-state index contributed by atoms with van der Waals surface area (Å²) in [6.45, 7) is 2.08. The minimum Gasteiger partial charge on any atom is -0.379 e. The van der Waals surface area contributed by atoms with E-state index in [9.17, 15) is 0 Å². The Hall–Kier alpha value is -2.42. The van der Waals surface area contributed by atoms with Crippen LogP contribution in [0.2, 0.25) is 0 Å². The second-order valence-electron chi connectivity index (χ2n) is 4.56. The first kappa shape index (κ1) is 11.7. The zero-order valence-corrected chi connectivity index (χ0v) is 10.7. The van der Waals surface area contributed by atoms with E-state index in [0.717, 1.165) is 17.1 Å². The molecule has 1 aliphatic heterocycles. The van der Waals surface area contributed by atoms with Gasteiger partial charge in [0.2, 0.25) is 0 Å². The van der Waals surface area contributed by atoms with Crippen molar-refractivity contribution in [2.75, 3.05) is 0 Å². The molecule has 0 saturated heterocycles. The fraction of sp³-hybridized carbons (Fsp3) is 0.125. The van der Waals surface area contributed by atoms with E-state index >= 15 is 0 Å². The van der Waals surface area contributed by atoms with Gasteiger partial charge in [0.1, 0.15) is 0 Å². The fourth-order valence-corrected chi connectivity index (χ4v) is 2.13. The lowest BCUT2D eigenvalue weighted by Crippen LogP contribution is -2.16. The van der Waals surface area contributed by atoms with Gasteiger partial charge in [-0.2, -0.15) is 0 Å². The first-order chi connectivity index (χ1) is 9.33. The van der Waals surface area contributed by atoms with Gasteiger partial charge in [0.25, 0.3) is 0 Å². The number of nitrogens with zero attached hydrogens (tertiary/aromatic N) is 2. The van der Waals surface area contributed by atoms with Gasteiger partial charge in [-0.1, -0.05) is 18.2 Å². The van der Waals surface area contributed by atoms with Gasteiger partial charge in [-0.25, -0.2) is 4.98 Å².